The Hall–Kier alpha value is -2.21. The van der Waals surface area contributed by atoms with Gasteiger partial charge in [-0.3, -0.25) is 9.59 Å². The number of nitrogens with zero attached hydrogens (tertiary/aromatic N) is 2. The number of aryl methyl sites for hydroxylation is 1. The van der Waals surface area contributed by atoms with E-state index in [1.165, 1.54) is 11.3 Å². The van der Waals surface area contributed by atoms with Gasteiger partial charge in [0.15, 0.2) is 12.4 Å². The molecule has 1 aromatic carbocycles. The number of ether oxygens (including phenoxy) is 1. The summed E-state index contributed by atoms with van der Waals surface area (Å²) in [4.78, 5) is 30.9. The van der Waals surface area contributed by atoms with Gasteiger partial charge in [0, 0.05) is 25.6 Å². The second-order valence-electron chi connectivity index (χ2n) is 6.87. The zero-order valence-corrected chi connectivity index (χ0v) is 16.3. The highest BCUT2D eigenvalue weighted by atomic mass is 32.1. The fourth-order valence-electron chi connectivity index (χ4n) is 3.03. The maximum atomic E-state index is 12.2. The average molecular weight is 372 g/mol. The van der Waals surface area contributed by atoms with Gasteiger partial charge in [0.05, 0.1) is 10.6 Å². The predicted molar refractivity (Wildman–Crippen MR) is 103 cm³/mol. The molecule has 0 bridgehead atoms. The van der Waals surface area contributed by atoms with Crippen LogP contribution in [0.1, 0.15) is 42.1 Å². The lowest BCUT2D eigenvalue weighted by atomic mass is 9.99. The zero-order valence-electron chi connectivity index (χ0n) is 15.4. The third-order valence-electron chi connectivity index (χ3n) is 4.72. The van der Waals surface area contributed by atoms with Crippen LogP contribution in [0.15, 0.2) is 24.3 Å². The lowest BCUT2D eigenvalue weighted by Gasteiger charge is -2.30. The van der Waals surface area contributed by atoms with E-state index < -0.39 is 0 Å². The predicted octanol–water partition coefficient (Wildman–Crippen LogP) is 3.96. The van der Waals surface area contributed by atoms with E-state index in [0.717, 1.165) is 42.2 Å². The number of amides is 1. The third-order valence-corrected chi connectivity index (χ3v) is 6.02. The largest absolute Gasteiger partial charge is 0.484 e. The number of piperidine rings is 1. The molecule has 5 nitrogen and oxygen atoms in total. The quantitative estimate of drug-likeness (QED) is 0.746. The first-order chi connectivity index (χ1) is 12.4. The van der Waals surface area contributed by atoms with Crippen molar-refractivity contribution < 1.29 is 14.3 Å². The van der Waals surface area contributed by atoms with Gasteiger partial charge >= 0.3 is 0 Å². The van der Waals surface area contributed by atoms with Gasteiger partial charge in [-0.25, -0.2) is 4.98 Å². The maximum Gasteiger partial charge on any atom is 0.260 e. The van der Waals surface area contributed by atoms with Crippen LogP contribution in [0.2, 0.25) is 0 Å². The molecule has 0 N–H and O–H groups in total. The number of thiazole rings is 1. The normalized spacial score (nSPS) is 15.1. The molecule has 1 aliphatic heterocycles. The van der Waals surface area contributed by atoms with Crippen LogP contribution in [0, 0.1) is 12.8 Å². The van der Waals surface area contributed by atoms with Crippen LogP contribution in [0.25, 0.3) is 10.6 Å². The van der Waals surface area contributed by atoms with E-state index in [-0.39, 0.29) is 18.3 Å². The number of carbonyl (C=O) groups excluding carboxylic acids is 2. The van der Waals surface area contributed by atoms with Crippen molar-refractivity contribution in [2.75, 3.05) is 19.7 Å². The molecule has 138 valence electrons. The van der Waals surface area contributed by atoms with Crippen molar-refractivity contribution >= 4 is 23.0 Å². The average Bonchev–Trinajstić information content (AvgIpc) is 3.03. The van der Waals surface area contributed by atoms with Gasteiger partial charge in [-0.15, -0.1) is 11.3 Å². The maximum absolute atomic E-state index is 12.2. The highest BCUT2D eigenvalue weighted by Gasteiger charge is 2.20. The summed E-state index contributed by atoms with van der Waals surface area (Å²) in [6.07, 6.45) is 2.13. The zero-order chi connectivity index (χ0) is 18.7. The standard InChI is InChI=1S/C20H24N2O3S/c1-13-8-10-22(11-9-13)18(24)12-25-17-6-4-16(5-7-17)20-21-14(2)19(26-20)15(3)23/h4-7,13H,8-12H2,1-3H3. The molecule has 0 aliphatic carbocycles. The van der Waals surface area contributed by atoms with Gasteiger partial charge in [-0.2, -0.15) is 0 Å². The molecule has 1 saturated heterocycles. The molecular formula is C20H24N2O3S. The second-order valence-corrected chi connectivity index (χ2v) is 7.87. The first-order valence-electron chi connectivity index (χ1n) is 8.93. The number of carbonyl (C=O) groups is 2. The van der Waals surface area contributed by atoms with E-state index in [9.17, 15) is 9.59 Å². The summed E-state index contributed by atoms with van der Waals surface area (Å²) >= 11 is 1.40. The van der Waals surface area contributed by atoms with E-state index in [0.29, 0.717) is 16.5 Å². The van der Waals surface area contributed by atoms with Gasteiger partial charge in [0.2, 0.25) is 0 Å². The Balaban J connectivity index is 1.58. The van der Waals surface area contributed by atoms with Crippen LogP contribution in [-0.4, -0.2) is 41.3 Å². The van der Waals surface area contributed by atoms with Crippen molar-refractivity contribution in [2.24, 2.45) is 5.92 Å². The molecule has 26 heavy (non-hydrogen) atoms. The highest BCUT2D eigenvalue weighted by molar-refractivity contribution is 7.17. The summed E-state index contributed by atoms with van der Waals surface area (Å²) < 4.78 is 5.64. The minimum absolute atomic E-state index is 0.0387. The Morgan fingerprint density at radius 2 is 1.88 bits per heavy atom. The summed E-state index contributed by atoms with van der Waals surface area (Å²) in [5, 5.41) is 0.817. The van der Waals surface area contributed by atoms with Crippen LogP contribution in [-0.2, 0) is 4.79 Å². The Bertz CT molecular complexity index is 790. The van der Waals surface area contributed by atoms with E-state index in [4.69, 9.17) is 4.74 Å². The van der Waals surface area contributed by atoms with Crippen molar-refractivity contribution in [3.8, 4) is 16.3 Å². The van der Waals surface area contributed by atoms with Crippen LogP contribution in [0.4, 0.5) is 0 Å². The van der Waals surface area contributed by atoms with E-state index in [1.54, 1.807) is 6.92 Å². The SMILES string of the molecule is CC(=O)c1sc(-c2ccc(OCC(=O)N3CCC(C)CC3)cc2)nc1C. The molecule has 1 fully saturated rings. The molecule has 1 amide bonds. The molecule has 1 aliphatic rings. The lowest BCUT2D eigenvalue weighted by molar-refractivity contribution is -0.134. The van der Waals surface area contributed by atoms with Crippen molar-refractivity contribution in [1.29, 1.82) is 0 Å². The summed E-state index contributed by atoms with van der Waals surface area (Å²) in [5.74, 6) is 1.44. The molecule has 2 aromatic rings. The van der Waals surface area contributed by atoms with E-state index >= 15 is 0 Å². The molecular weight excluding hydrogens is 348 g/mol. The molecule has 0 atom stereocenters. The van der Waals surface area contributed by atoms with Gasteiger partial charge in [-0.05, 0) is 49.9 Å². The topological polar surface area (TPSA) is 59.5 Å². The minimum atomic E-state index is 0.0387. The first kappa shape index (κ1) is 18.6. The number of ketones is 1. The number of rotatable bonds is 5. The summed E-state index contributed by atoms with van der Waals surface area (Å²) in [6, 6.07) is 7.49. The van der Waals surface area contributed by atoms with Crippen molar-refractivity contribution in [1.82, 2.24) is 9.88 Å². The molecule has 0 unspecified atom stereocenters. The van der Waals surface area contributed by atoms with Gasteiger partial charge in [-0.1, -0.05) is 6.92 Å². The van der Waals surface area contributed by atoms with E-state index in [2.05, 4.69) is 11.9 Å². The summed E-state index contributed by atoms with van der Waals surface area (Å²) in [6.45, 7) is 7.35. The highest BCUT2D eigenvalue weighted by Crippen LogP contribution is 2.29. The van der Waals surface area contributed by atoms with Crippen LogP contribution >= 0.6 is 11.3 Å². The second kappa shape index (κ2) is 7.99. The lowest BCUT2D eigenvalue weighted by Crippen LogP contribution is -2.40. The number of Topliss-reactive ketones (excluding diaryl/α,β-unsaturated/α-hetero) is 1. The Labute approximate surface area is 158 Å². The molecule has 6 heteroatoms. The molecule has 0 radical (unpaired) electrons. The van der Waals surface area contributed by atoms with Crippen molar-refractivity contribution in [2.45, 2.75) is 33.6 Å². The molecule has 0 saturated carbocycles. The van der Waals surface area contributed by atoms with Crippen LogP contribution < -0.4 is 4.74 Å². The van der Waals surface area contributed by atoms with Crippen LogP contribution in [0.3, 0.4) is 0 Å². The number of hydrogen-bond acceptors (Lipinski definition) is 5. The van der Waals surface area contributed by atoms with E-state index in [1.807, 2.05) is 36.1 Å². The smallest absolute Gasteiger partial charge is 0.260 e. The monoisotopic (exact) mass is 372 g/mol. The summed E-state index contributed by atoms with van der Waals surface area (Å²) in [7, 11) is 0. The minimum Gasteiger partial charge on any atom is -0.484 e. The fraction of sp³-hybridized carbons (Fsp3) is 0.450. The number of aromatic nitrogens is 1. The summed E-state index contributed by atoms with van der Waals surface area (Å²) in [5.41, 5.74) is 1.70. The molecule has 1 aromatic heterocycles. The van der Waals surface area contributed by atoms with Gasteiger partial charge in [0.25, 0.3) is 5.91 Å². The molecule has 3 rings (SSSR count). The Morgan fingerprint density at radius 1 is 1.23 bits per heavy atom. The Kier molecular flexibility index (Phi) is 5.71. The van der Waals surface area contributed by atoms with Gasteiger partial charge in [0.1, 0.15) is 10.8 Å². The molecule has 2 heterocycles. The van der Waals surface area contributed by atoms with Crippen molar-refractivity contribution in [3.63, 3.8) is 0 Å². The number of benzene rings is 1. The number of hydrogen-bond donors (Lipinski definition) is 0. The first-order valence-corrected chi connectivity index (χ1v) is 9.75. The molecule has 0 spiro atoms. The Morgan fingerprint density at radius 3 is 2.46 bits per heavy atom. The third kappa shape index (κ3) is 4.30. The fourth-order valence-corrected chi connectivity index (χ4v) is 4.00. The van der Waals surface area contributed by atoms with Crippen LogP contribution in [0.5, 0.6) is 5.75 Å². The van der Waals surface area contributed by atoms with Crippen molar-refractivity contribution in [3.05, 3.63) is 34.8 Å². The number of likely N-dealkylation sites (tertiary alicyclic amines) is 1. The van der Waals surface area contributed by atoms with Gasteiger partial charge < -0.3 is 9.64 Å².